The fourth-order valence-electron chi connectivity index (χ4n) is 1.82. The van der Waals surface area contributed by atoms with Gasteiger partial charge in [-0.3, -0.25) is 0 Å². The number of amides is 2. The molecule has 0 saturated heterocycles. The predicted octanol–water partition coefficient (Wildman–Crippen LogP) is 3.94. The van der Waals surface area contributed by atoms with E-state index in [2.05, 4.69) is 10.6 Å². The third kappa shape index (κ3) is 4.55. The maximum Gasteiger partial charge on any atom is 0.319 e. The van der Waals surface area contributed by atoms with Crippen LogP contribution in [0.1, 0.15) is 5.56 Å². The fraction of sp³-hybridized carbons (Fsp3) is 0.133. The highest BCUT2D eigenvalue weighted by Crippen LogP contribution is 2.24. The van der Waals surface area contributed by atoms with E-state index in [0.717, 1.165) is 11.3 Å². The Morgan fingerprint density at radius 1 is 1.10 bits per heavy atom. The van der Waals surface area contributed by atoms with Crippen LogP contribution in [0.3, 0.4) is 0 Å². The van der Waals surface area contributed by atoms with Gasteiger partial charge in [0.25, 0.3) is 0 Å². The molecule has 0 radical (unpaired) electrons. The van der Waals surface area contributed by atoms with Gasteiger partial charge in [-0.1, -0.05) is 41.4 Å². The number of hydrogen-bond acceptors (Lipinski definition) is 2. The predicted molar refractivity (Wildman–Crippen MR) is 88.0 cm³/mol. The van der Waals surface area contributed by atoms with Gasteiger partial charge in [-0.05, 0) is 36.2 Å². The molecule has 21 heavy (non-hydrogen) atoms. The van der Waals surface area contributed by atoms with Gasteiger partial charge >= 0.3 is 6.03 Å². The molecule has 2 rings (SSSR count). The van der Waals surface area contributed by atoms with Crippen molar-refractivity contribution in [3.8, 4) is 0 Å². The number of benzene rings is 2. The highest BCUT2D eigenvalue weighted by atomic mass is 35.5. The summed E-state index contributed by atoms with van der Waals surface area (Å²) in [7, 11) is 0. The molecule has 0 bridgehead atoms. The Bertz CT molecular complexity index is 647. The number of nitrogen functional groups attached to an aromatic ring is 1. The second kappa shape index (κ2) is 7.20. The smallest absolute Gasteiger partial charge is 0.319 e. The number of hydrogen-bond donors (Lipinski definition) is 3. The molecule has 0 heterocycles. The van der Waals surface area contributed by atoms with Gasteiger partial charge in [-0.2, -0.15) is 0 Å². The molecule has 6 heteroatoms. The SMILES string of the molecule is Nc1ccccc1CCNC(=O)Nc1ccc(Cl)c(Cl)c1. The molecule has 0 aliphatic rings. The van der Waals surface area contributed by atoms with Gasteiger partial charge in [0.15, 0.2) is 0 Å². The Balaban J connectivity index is 1.82. The summed E-state index contributed by atoms with van der Waals surface area (Å²) in [5.41, 5.74) is 8.15. The molecule has 0 unspecified atom stereocenters. The lowest BCUT2D eigenvalue weighted by Crippen LogP contribution is -2.30. The largest absolute Gasteiger partial charge is 0.399 e. The van der Waals surface area contributed by atoms with Crippen LogP contribution in [0.15, 0.2) is 42.5 Å². The van der Waals surface area contributed by atoms with Crippen molar-refractivity contribution >= 4 is 40.6 Å². The number of rotatable bonds is 4. The van der Waals surface area contributed by atoms with Crippen molar-refractivity contribution < 1.29 is 4.79 Å². The van der Waals surface area contributed by atoms with Crippen LogP contribution in [0.2, 0.25) is 10.0 Å². The van der Waals surface area contributed by atoms with E-state index in [1.54, 1.807) is 18.2 Å². The van der Waals surface area contributed by atoms with Crippen LogP contribution in [-0.4, -0.2) is 12.6 Å². The number of anilines is 2. The molecule has 0 aliphatic heterocycles. The minimum absolute atomic E-state index is 0.303. The van der Waals surface area contributed by atoms with Crippen LogP contribution in [-0.2, 0) is 6.42 Å². The summed E-state index contributed by atoms with van der Waals surface area (Å²) in [5.74, 6) is 0. The molecule has 2 aromatic carbocycles. The van der Waals surface area contributed by atoms with Gasteiger partial charge in [0.2, 0.25) is 0 Å². The maximum atomic E-state index is 11.8. The monoisotopic (exact) mass is 323 g/mol. The number of carbonyl (C=O) groups is 1. The quantitative estimate of drug-likeness (QED) is 0.746. The zero-order valence-corrected chi connectivity index (χ0v) is 12.7. The average Bonchev–Trinajstić information content (AvgIpc) is 2.45. The molecule has 2 amide bonds. The summed E-state index contributed by atoms with van der Waals surface area (Å²) in [5, 5.41) is 6.29. The summed E-state index contributed by atoms with van der Waals surface area (Å²) in [4.78, 5) is 11.8. The molecule has 4 N–H and O–H groups in total. The zero-order valence-electron chi connectivity index (χ0n) is 11.2. The van der Waals surface area contributed by atoms with Crippen LogP contribution in [0.25, 0.3) is 0 Å². The van der Waals surface area contributed by atoms with Crippen molar-refractivity contribution in [2.24, 2.45) is 0 Å². The van der Waals surface area contributed by atoms with E-state index in [1.165, 1.54) is 0 Å². The molecule has 0 atom stereocenters. The van der Waals surface area contributed by atoms with E-state index in [9.17, 15) is 4.79 Å². The number of nitrogens with two attached hydrogens (primary N) is 1. The molecule has 0 aromatic heterocycles. The van der Waals surface area contributed by atoms with Crippen LogP contribution in [0.5, 0.6) is 0 Å². The molecule has 0 saturated carbocycles. The first-order chi connectivity index (χ1) is 10.1. The Hall–Kier alpha value is -1.91. The molecule has 0 spiro atoms. The number of urea groups is 1. The maximum absolute atomic E-state index is 11.8. The molecule has 2 aromatic rings. The van der Waals surface area contributed by atoms with Crippen LogP contribution < -0.4 is 16.4 Å². The first kappa shape index (κ1) is 15.5. The van der Waals surface area contributed by atoms with Gasteiger partial charge < -0.3 is 16.4 Å². The van der Waals surface area contributed by atoms with E-state index in [0.29, 0.717) is 28.7 Å². The number of para-hydroxylation sites is 1. The van der Waals surface area contributed by atoms with Gasteiger partial charge in [0, 0.05) is 17.9 Å². The van der Waals surface area contributed by atoms with Crippen molar-refractivity contribution in [1.82, 2.24) is 5.32 Å². The van der Waals surface area contributed by atoms with Crippen LogP contribution in [0, 0.1) is 0 Å². The Kier molecular flexibility index (Phi) is 5.31. The first-order valence-corrected chi connectivity index (χ1v) is 7.15. The van der Waals surface area contributed by atoms with Gasteiger partial charge in [-0.15, -0.1) is 0 Å². The zero-order chi connectivity index (χ0) is 15.2. The third-order valence-corrected chi connectivity index (χ3v) is 3.65. The summed E-state index contributed by atoms with van der Waals surface area (Å²) >= 11 is 11.7. The van der Waals surface area contributed by atoms with Gasteiger partial charge in [-0.25, -0.2) is 4.79 Å². The fourth-order valence-corrected chi connectivity index (χ4v) is 2.12. The van der Waals surface area contributed by atoms with Crippen molar-refractivity contribution in [3.05, 3.63) is 58.1 Å². The van der Waals surface area contributed by atoms with Crippen LogP contribution >= 0.6 is 23.2 Å². The molecule has 0 fully saturated rings. The molecule has 110 valence electrons. The van der Waals surface area contributed by atoms with E-state index in [-0.39, 0.29) is 6.03 Å². The Morgan fingerprint density at radius 3 is 2.57 bits per heavy atom. The second-order valence-corrected chi connectivity index (χ2v) is 5.27. The van der Waals surface area contributed by atoms with E-state index in [1.807, 2.05) is 24.3 Å². The third-order valence-electron chi connectivity index (χ3n) is 2.91. The lowest BCUT2D eigenvalue weighted by atomic mass is 10.1. The van der Waals surface area contributed by atoms with E-state index in [4.69, 9.17) is 28.9 Å². The van der Waals surface area contributed by atoms with Crippen molar-refractivity contribution in [1.29, 1.82) is 0 Å². The topological polar surface area (TPSA) is 67.1 Å². The van der Waals surface area contributed by atoms with E-state index >= 15 is 0 Å². The first-order valence-electron chi connectivity index (χ1n) is 6.39. The summed E-state index contributed by atoms with van der Waals surface area (Å²) < 4.78 is 0. The van der Waals surface area contributed by atoms with Crippen molar-refractivity contribution in [3.63, 3.8) is 0 Å². The summed E-state index contributed by atoms with van der Waals surface area (Å²) in [6, 6.07) is 12.2. The minimum Gasteiger partial charge on any atom is -0.399 e. The molecule has 0 aliphatic carbocycles. The Morgan fingerprint density at radius 2 is 1.86 bits per heavy atom. The average molecular weight is 324 g/mol. The summed E-state index contributed by atoms with van der Waals surface area (Å²) in [6.45, 7) is 0.487. The Labute approximate surface area is 133 Å². The molecule has 4 nitrogen and oxygen atoms in total. The highest BCUT2D eigenvalue weighted by Gasteiger charge is 2.04. The van der Waals surface area contributed by atoms with E-state index < -0.39 is 0 Å². The molecular formula is C15H15Cl2N3O. The van der Waals surface area contributed by atoms with Crippen molar-refractivity contribution in [2.45, 2.75) is 6.42 Å². The lowest BCUT2D eigenvalue weighted by molar-refractivity contribution is 0.252. The van der Waals surface area contributed by atoms with Crippen molar-refractivity contribution in [2.75, 3.05) is 17.6 Å². The standard InChI is InChI=1S/C15H15Cl2N3O/c16-12-6-5-11(9-13(12)17)20-15(21)19-8-7-10-3-1-2-4-14(10)18/h1-6,9H,7-8,18H2,(H2,19,20,21). The number of carbonyl (C=O) groups excluding carboxylic acids is 1. The number of nitrogens with one attached hydrogen (secondary N) is 2. The molecular weight excluding hydrogens is 309 g/mol. The summed E-state index contributed by atoms with van der Waals surface area (Å²) in [6.07, 6.45) is 0.668. The normalized spacial score (nSPS) is 10.2. The van der Waals surface area contributed by atoms with Gasteiger partial charge in [0.1, 0.15) is 0 Å². The second-order valence-electron chi connectivity index (χ2n) is 4.46. The van der Waals surface area contributed by atoms with Crippen LogP contribution in [0.4, 0.5) is 16.2 Å². The van der Waals surface area contributed by atoms with Gasteiger partial charge in [0.05, 0.1) is 10.0 Å². The minimum atomic E-state index is -0.303. The highest BCUT2D eigenvalue weighted by molar-refractivity contribution is 6.42. The number of halogens is 2. The lowest BCUT2D eigenvalue weighted by Gasteiger charge is -2.09.